The molecule has 0 aliphatic carbocycles. The van der Waals surface area contributed by atoms with E-state index in [1.165, 1.54) is 18.4 Å². The lowest BCUT2D eigenvalue weighted by molar-refractivity contribution is 0.519. The van der Waals surface area contributed by atoms with Crippen LogP contribution in [0.15, 0.2) is 35.2 Å². The van der Waals surface area contributed by atoms with Gasteiger partial charge in [-0.2, -0.15) is 0 Å². The molecule has 7 heteroatoms. The van der Waals surface area contributed by atoms with E-state index in [-0.39, 0.29) is 4.90 Å². The number of aryl methyl sites for hydroxylation is 2. The van der Waals surface area contributed by atoms with Crippen molar-refractivity contribution in [3.63, 3.8) is 0 Å². The largest absolute Gasteiger partial charge is 0.350 e. The fourth-order valence-electron chi connectivity index (χ4n) is 2.08. The molecule has 0 saturated carbocycles. The molecule has 0 unspecified atom stereocenters. The molecule has 0 fully saturated rings. The minimum atomic E-state index is -3.48. The van der Waals surface area contributed by atoms with E-state index in [2.05, 4.69) is 15.3 Å². The molecule has 0 spiro atoms. The van der Waals surface area contributed by atoms with Crippen molar-refractivity contribution in [3.05, 3.63) is 47.3 Å². The molecular weight excluding hydrogens is 300 g/mol. The molecule has 0 aliphatic rings. The molecule has 118 valence electrons. The molecular formula is C15H20N4O2S. The number of nitrogens with zero attached hydrogens (tertiary/aromatic N) is 3. The third-order valence-electron chi connectivity index (χ3n) is 3.15. The van der Waals surface area contributed by atoms with Crippen molar-refractivity contribution in [1.82, 2.24) is 14.3 Å². The van der Waals surface area contributed by atoms with Gasteiger partial charge in [0.2, 0.25) is 16.0 Å². The average molecular weight is 320 g/mol. The Kier molecular flexibility index (Phi) is 4.77. The second-order valence-corrected chi connectivity index (χ2v) is 7.34. The van der Waals surface area contributed by atoms with Gasteiger partial charge in [-0.1, -0.05) is 18.2 Å². The van der Waals surface area contributed by atoms with Crippen molar-refractivity contribution in [3.8, 4) is 0 Å². The van der Waals surface area contributed by atoms with Gasteiger partial charge in [0.05, 0.1) is 4.90 Å². The van der Waals surface area contributed by atoms with Crippen molar-refractivity contribution in [1.29, 1.82) is 0 Å². The highest BCUT2D eigenvalue weighted by molar-refractivity contribution is 7.89. The van der Waals surface area contributed by atoms with E-state index in [4.69, 9.17) is 0 Å². The van der Waals surface area contributed by atoms with Crippen molar-refractivity contribution < 1.29 is 8.42 Å². The lowest BCUT2D eigenvalue weighted by Crippen LogP contribution is -2.24. The molecule has 0 amide bonds. The number of sulfonamides is 1. The zero-order valence-electron chi connectivity index (χ0n) is 13.2. The highest BCUT2D eigenvalue weighted by Gasteiger charge is 2.20. The monoisotopic (exact) mass is 320 g/mol. The van der Waals surface area contributed by atoms with E-state index in [0.29, 0.717) is 18.1 Å². The van der Waals surface area contributed by atoms with Crippen LogP contribution in [-0.2, 0) is 16.6 Å². The van der Waals surface area contributed by atoms with Crippen LogP contribution >= 0.6 is 0 Å². The van der Waals surface area contributed by atoms with Crippen molar-refractivity contribution in [2.24, 2.45) is 0 Å². The van der Waals surface area contributed by atoms with Crippen LogP contribution in [0.4, 0.5) is 5.95 Å². The summed E-state index contributed by atoms with van der Waals surface area (Å²) in [5, 5.41) is 3.09. The number of nitrogens with one attached hydrogen (secondary N) is 1. The highest BCUT2D eigenvalue weighted by Crippen LogP contribution is 2.19. The highest BCUT2D eigenvalue weighted by atomic mass is 32.2. The maximum Gasteiger partial charge on any atom is 0.242 e. The first-order valence-electron chi connectivity index (χ1n) is 6.87. The van der Waals surface area contributed by atoms with Crippen LogP contribution < -0.4 is 5.32 Å². The lowest BCUT2D eigenvalue weighted by Gasteiger charge is -2.15. The number of benzene rings is 1. The lowest BCUT2D eigenvalue weighted by atomic mass is 10.2. The van der Waals surface area contributed by atoms with Crippen LogP contribution in [0.3, 0.4) is 0 Å². The SMILES string of the molecule is Cc1cc(C)nc(NCc2ccccc2S(=O)(=O)N(C)C)n1. The molecule has 2 rings (SSSR count). The fraction of sp³-hybridized carbons (Fsp3) is 0.333. The van der Waals surface area contributed by atoms with Gasteiger partial charge in [-0.15, -0.1) is 0 Å². The van der Waals surface area contributed by atoms with Crippen LogP contribution in [0, 0.1) is 13.8 Å². The Hall–Kier alpha value is -1.99. The fourth-order valence-corrected chi connectivity index (χ4v) is 3.19. The van der Waals surface area contributed by atoms with Crippen LogP contribution in [0.25, 0.3) is 0 Å². The molecule has 1 heterocycles. The summed E-state index contributed by atoms with van der Waals surface area (Å²) in [7, 11) is -0.435. The first kappa shape index (κ1) is 16.4. The second-order valence-electron chi connectivity index (χ2n) is 5.22. The standard InChI is InChI=1S/C15H20N4O2S/c1-11-9-12(2)18-15(17-11)16-10-13-7-5-6-8-14(13)22(20,21)19(3)4/h5-9H,10H2,1-4H3,(H,16,17,18). The summed E-state index contributed by atoms with van der Waals surface area (Å²) in [5.74, 6) is 0.495. The maximum atomic E-state index is 12.3. The average Bonchev–Trinajstić information content (AvgIpc) is 2.44. The third-order valence-corrected chi connectivity index (χ3v) is 5.07. The predicted molar refractivity (Wildman–Crippen MR) is 86.1 cm³/mol. The molecule has 0 radical (unpaired) electrons. The van der Waals surface area contributed by atoms with E-state index in [1.807, 2.05) is 26.0 Å². The van der Waals surface area contributed by atoms with E-state index in [0.717, 1.165) is 11.4 Å². The number of hydrogen-bond donors (Lipinski definition) is 1. The molecule has 6 nitrogen and oxygen atoms in total. The van der Waals surface area contributed by atoms with Gasteiger partial charge < -0.3 is 5.32 Å². The Bertz CT molecular complexity index is 753. The summed E-state index contributed by atoms with van der Waals surface area (Å²) in [6.07, 6.45) is 0. The van der Waals surface area contributed by atoms with Gasteiger partial charge in [0, 0.05) is 32.0 Å². The van der Waals surface area contributed by atoms with Crippen molar-refractivity contribution in [2.45, 2.75) is 25.3 Å². The minimum absolute atomic E-state index is 0.289. The smallest absolute Gasteiger partial charge is 0.242 e. The first-order valence-corrected chi connectivity index (χ1v) is 8.31. The third kappa shape index (κ3) is 3.61. The van der Waals surface area contributed by atoms with E-state index >= 15 is 0 Å². The maximum absolute atomic E-state index is 12.3. The topological polar surface area (TPSA) is 75.2 Å². The predicted octanol–water partition coefficient (Wildman–Crippen LogP) is 1.96. The number of rotatable bonds is 5. The normalized spacial score (nSPS) is 11.7. The molecule has 0 saturated heterocycles. The quantitative estimate of drug-likeness (QED) is 0.911. The van der Waals surface area contributed by atoms with Crippen molar-refractivity contribution >= 4 is 16.0 Å². The number of hydrogen-bond acceptors (Lipinski definition) is 5. The van der Waals surface area contributed by atoms with Gasteiger partial charge in [0.15, 0.2) is 0 Å². The molecule has 0 bridgehead atoms. The Balaban J connectivity index is 2.28. The number of anilines is 1. The molecule has 2 aromatic rings. The Morgan fingerprint density at radius 1 is 1.09 bits per heavy atom. The molecule has 0 aliphatic heterocycles. The van der Waals surface area contributed by atoms with Gasteiger partial charge in [-0.05, 0) is 31.5 Å². The second kappa shape index (κ2) is 6.41. The summed E-state index contributed by atoms with van der Waals surface area (Å²) in [6, 6.07) is 8.80. The summed E-state index contributed by atoms with van der Waals surface area (Å²) >= 11 is 0. The Morgan fingerprint density at radius 2 is 1.68 bits per heavy atom. The van der Waals surface area contributed by atoms with E-state index in [1.54, 1.807) is 18.2 Å². The van der Waals surface area contributed by atoms with E-state index in [9.17, 15) is 8.42 Å². The van der Waals surface area contributed by atoms with Gasteiger partial charge in [0.25, 0.3) is 0 Å². The molecule has 22 heavy (non-hydrogen) atoms. The van der Waals surface area contributed by atoms with Gasteiger partial charge in [-0.25, -0.2) is 22.7 Å². The van der Waals surface area contributed by atoms with Crippen LogP contribution in [-0.4, -0.2) is 36.8 Å². The van der Waals surface area contributed by atoms with E-state index < -0.39 is 10.0 Å². The van der Waals surface area contributed by atoms with Gasteiger partial charge in [-0.3, -0.25) is 0 Å². The Morgan fingerprint density at radius 3 is 2.27 bits per heavy atom. The zero-order valence-corrected chi connectivity index (χ0v) is 14.0. The molecule has 1 N–H and O–H groups in total. The summed E-state index contributed by atoms with van der Waals surface area (Å²) in [4.78, 5) is 8.88. The van der Waals surface area contributed by atoms with Crippen LogP contribution in [0.5, 0.6) is 0 Å². The van der Waals surface area contributed by atoms with Crippen LogP contribution in [0.2, 0.25) is 0 Å². The summed E-state index contributed by atoms with van der Waals surface area (Å²) in [5.41, 5.74) is 2.41. The van der Waals surface area contributed by atoms with Crippen molar-refractivity contribution in [2.75, 3.05) is 19.4 Å². The zero-order chi connectivity index (χ0) is 16.3. The molecule has 1 aromatic carbocycles. The van der Waals surface area contributed by atoms with Gasteiger partial charge in [0.1, 0.15) is 0 Å². The molecule has 0 atom stereocenters. The summed E-state index contributed by atoms with van der Waals surface area (Å²) < 4.78 is 25.9. The van der Waals surface area contributed by atoms with Crippen LogP contribution in [0.1, 0.15) is 17.0 Å². The molecule has 1 aromatic heterocycles. The Labute approximate surface area is 131 Å². The summed E-state index contributed by atoms with van der Waals surface area (Å²) in [6.45, 7) is 4.13. The number of aromatic nitrogens is 2. The minimum Gasteiger partial charge on any atom is -0.350 e. The van der Waals surface area contributed by atoms with Gasteiger partial charge >= 0.3 is 0 Å². The first-order chi connectivity index (χ1) is 10.3.